The molecule has 3 aromatic heterocycles. The SMILES string of the molecule is Clc1ccc(CNc2cc(C3CCN(Cc4nn[nH]n4)CC3)[nH]n2)s1. The topological polar surface area (TPSA) is 98.4 Å². The Hall–Kier alpha value is -1.97. The molecule has 8 nitrogen and oxygen atoms in total. The van der Waals surface area contributed by atoms with Crippen molar-refractivity contribution in [2.75, 3.05) is 18.4 Å². The fourth-order valence-corrected chi connectivity index (χ4v) is 4.14. The van der Waals surface area contributed by atoms with Crippen molar-refractivity contribution in [2.45, 2.75) is 31.8 Å². The van der Waals surface area contributed by atoms with E-state index in [2.05, 4.69) is 47.1 Å². The normalized spacial score (nSPS) is 16.4. The van der Waals surface area contributed by atoms with Crippen LogP contribution in [0.2, 0.25) is 4.34 Å². The molecule has 10 heteroatoms. The monoisotopic (exact) mass is 378 g/mol. The van der Waals surface area contributed by atoms with Crippen molar-refractivity contribution in [3.63, 3.8) is 0 Å². The molecule has 4 heterocycles. The molecule has 1 aliphatic rings. The summed E-state index contributed by atoms with van der Waals surface area (Å²) in [5.41, 5.74) is 1.20. The maximum atomic E-state index is 5.96. The smallest absolute Gasteiger partial charge is 0.188 e. The van der Waals surface area contributed by atoms with Gasteiger partial charge in [-0.25, -0.2) is 0 Å². The van der Waals surface area contributed by atoms with Crippen LogP contribution in [0.4, 0.5) is 5.82 Å². The van der Waals surface area contributed by atoms with Crippen LogP contribution in [-0.4, -0.2) is 48.8 Å². The number of nitrogens with zero attached hydrogens (tertiary/aromatic N) is 5. The van der Waals surface area contributed by atoms with Crippen molar-refractivity contribution in [1.82, 2.24) is 35.7 Å². The quantitative estimate of drug-likeness (QED) is 0.610. The summed E-state index contributed by atoms with van der Waals surface area (Å²) >= 11 is 7.54. The van der Waals surface area contributed by atoms with Gasteiger partial charge in [0, 0.05) is 22.6 Å². The highest BCUT2D eigenvalue weighted by Crippen LogP contribution is 2.28. The third-order valence-corrected chi connectivity index (χ3v) is 5.68. The number of aromatic amines is 2. The van der Waals surface area contributed by atoms with Gasteiger partial charge in [-0.05, 0) is 38.1 Å². The first kappa shape index (κ1) is 16.5. The van der Waals surface area contributed by atoms with Gasteiger partial charge in [-0.15, -0.1) is 21.5 Å². The first-order valence-electron chi connectivity index (χ1n) is 8.24. The number of anilines is 1. The molecule has 3 N–H and O–H groups in total. The van der Waals surface area contributed by atoms with Crippen molar-refractivity contribution in [2.24, 2.45) is 0 Å². The van der Waals surface area contributed by atoms with E-state index in [4.69, 9.17) is 11.6 Å². The van der Waals surface area contributed by atoms with Crippen LogP contribution < -0.4 is 5.32 Å². The van der Waals surface area contributed by atoms with Crippen LogP contribution in [0.3, 0.4) is 0 Å². The lowest BCUT2D eigenvalue weighted by molar-refractivity contribution is 0.199. The first-order chi connectivity index (χ1) is 12.3. The van der Waals surface area contributed by atoms with E-state index in [0.717, 1.165) is 55.0 Å². The summed E-state index contributed by atoms with van der Waals surface area (Å²) in [6.45, 7) is 3.54. The van der Waals surface area contributed by atoms with Gasteiger partial charge >= 0.3 is 0 Å². The number of aromatic nitrogens is 6. The maximum absolute atomic E-state index is 5.96. The van der Waals surface area contributed by atoms with Crippen LogP contribution in [-0.2, 0) is 13.1 Å². The molecule has 0 aliphatic carbocycles. The summed E-state index contributed by atoms with van der Waals surface area (Å²) in [6, 6.07) is 6.07. The molecule has 1 fully saturated rings. The standard InChI is InChI=1S/C15H19ClN8S/c16-13-2-1-11(25-13)8-17-14-7-12(18-19-14)10-3-5-24(6-4-10)9-15-20-22-23-21-15/h1-2,7,10H,3-6,8-9H2,(H2,17,18,19)(H,20,21,22,23). The summed E-state index contributed by atoms with van der Waals surface area (Å²) < 4.78 is 0.812. The third-order valence-electron chi connectivity index (χ3n) is 4.45. The minimum absolute atomic E-state index is 0.515. The third kappa shape index (κ3) is 4.17. The zero-order chi connectivity index (χ0) is 17.1. The van der Waals surface area contributed by atoms with Crippen LogP contribution >= 0.6 is 22.9 Å². The van der Waals surface area contributed by atoms with Crippen LogP contribution in [0.5, 0.6) is 0 Å². The van der Waals surface area contributed by atoms with Crippen LogP contribution in [0.25, 0.3) is 0 Å². The fraction of sp³-hybridized carbons (Fsp3) is 0.467. The van der Waals surface area contributed by atoms with E-state index >= 15 is 0 Å². The number of likely N-dealkylation sites (tertiary alicyclic amines) is 1. The molecule has 1 aliphatic heterocycles. The Bertz CT molecular complexity index is 790. The minimum atomic E-state index is 0.515. The maximum Gasteiger partial charge on any atom is 0.188 e. The summed E-state index contributed by atoms with van der Waals surface area (Å²) in [6.07, 6.45) is 2.19. The molecule has 0 unspecified atom stereocenters. The highest BCUT2D eigenvalue weighted by atomic mass is 35.5. The average Bonchev–Trinajstić information content (AvgIpc) is 3.36. The number of hydrogen-bond donors (Lipinski definition) is 3. The molecule has 0 bridgehead atoms. The lowest BCUT2D eigenvalue weighted by atomic mass is 9.93. The number of nitrogens with one attached hydrogen (secondary N) is 3. The molecule has 1 saturated heterocycles. The Balaban J connectivity index is 1.27. The van der Waals surface area contributed by atoms with E-state index < -0.39 is 0 Å². The van der Waals surface area contributed by atoms with Gasteiger partial charge in [0.05, 0.1) is 17.4 Å². The predicted molar refractivity (Wildman–Crippen MR) is 96.7 cm³/mol. The Morgan fingerprint density at radius 1 is 1.28 bits per heavy atom. The van der Waals surface area contributed by atoms with Gasteiger partial charge in [-0.2, -0.15) is 10.3 Å². The average molecular weight is 379 g/mol. The van der Waals surface area contributed by atoms with Crippen molar-refractivity contribution in [3.8, 4) is 0 Å². The van der Waals surface area contributed by atoms with E-state index in [0.29, 0.717) is 5.92 Å². The molecule has 0 atom stereocenters. The van der Waals surface area contributed by atoms with Crippen LogP contribution in [0, 0.1) is 0 Å². The lowest BCUT2D eigenvalue weighted by Crippen LogP contribution is -2.32. The van der Waals surface area contributed by atoms with Crippen LogP contribution in [0.15, 0.2) is 18.2 Å². The summed E-state index contributed by atoms with van der Waals surface area (Å²) in [7, 11) is 0. The first-order valence-corrected chi connectivity index (χ1v) is 9.44. The Kier molecular flexibility index (Phi) is 4.95. The van der Waals surface area contributed by atoms with Gasteiger partial charge in [-0.1, -0.05) is 16.8 Å². The zero-order valence-electron chi connectivity index (χ0n) is 13.6. The molecular formula is C15H19ClN8S. The molecule has 4 rings (SSSR count). The summed E-state index contributed by atoms with van der Waals surface area (Å²) in [5, 5.41) is 25.0. The number of rotatable bonds is 6. The molecular weight excluding hydrogens is 360 g/mol. The van der Waals surface area contributed by atoms with E-state index in [1.165, 1.54) is 10.6 Å². The minimum Gasteiger partial charge on any atom is -0.364 e. The number of H-pyrrole nitrogens is 2. The Morgan fingerprint density at radius 3 is 2.88 bits per heavy atom. The Morgan fingerprint density at radius 2 is 2.16 bits per heavy atom. The number of tetrazole rings is 1. The fourth-order valence-electron chi connectivity index (χ4n) is 3.11. The molecule has 0 radical (unpaired) electrons. The molecule has 3 aromatic rings. The van der Waals surface area contributed by atoms with Crippen molar-refractivity contribution in [3.05, 3.63) is 38.9 Å². The van der Waals surface area contributed by atoms with Gasteiger partial charge < -0.3 is 5.32 Å². The van der Waals surface area contributed by atoms with Gasteiger partial charge in [0.2, 0.25) is 0 Å². The molecule has 0 spiro atoms. The highest BCUT2D eigenvalue weighted by Gasteiger charge is 2.23. The second kappa shape index (κ2) is 7.51. The van der Waals surface area contributed by atoms with Crippen LogP contribution in [0.1, 0.15) is 35.2 Å². The van der Waals surface area contributed by atoms with Gasteiger partial charge in [-0.3, -0.25) is 10.00 Å². The van der Waals surface area contributed by atoms with E-state index in [9.17, 15) is 0 Å². The van der Waals surface area contributed by atoms with Crippen molar-refractivity contribution < 1.29 is 0 Å². The number of piperidine rings is 1. The summed E-state index contributed by atoms with van der Waals surface area (Å²) in [4.78, 5) is 3.56. The van der Waals surface area contributed by atoms with E-state index in [1.54, 1.807) is 11.3 Å². The number of halogens is 1. The van der Waals surface area contributed by atoms with Gasteiger partial charge in [0.15, 0.2) is 5.82 Å². The molecule has 0 saturated carbocycles. The predicted octanol–water partition coefficient (Wildman–Crippen LogP) is 2.63. The van der Waals surface area contributed by atoms with Gasteiger partial charge in [0.25, 0.3) is 0 Å². The van der Waals surface area contributed by atoms with E-state index in [-0.39, 0.29) is 0 Å². The number of hydrogen-bond acceptors (Lipinski definition) is 7. The van der Waals surface area contributed by atoms with Crippen molar-refractivity contribution >= 4 is 28.8 Å². The van der Waals surface area contributed by atoms with Gasteiger partial charge in [0.1, 0.15) is 5.82 Å². The molecule has 0 amide bonds. The highest BCUT2D eigenvalue weighted by molar-refractivity contribution is 7.16. The second-order valence-corrected chi connectivity index (χ2v) is 7.95. The second-order valence-electron chi connectivity index (χ2n) is 6.15. The van der Waals surface area contributed by atoms with Crippen molar-refractivity contribution in [1.29, 1.82) is 0 Å². The molecule has 0 aromatic carbocycles. The lowest BCUT2D eigenvalue weighted by Gasteiger charge is -2.30. The number of thiophene rings is 1. The zero-order valence-corrected chi connectivity index (χ0v) is 15.1. The molecule has 132 valence electrons. The van der Waals surface area contributed by atoms with E-state index in [1.807, 2.05) is 12.1 Å². The Labute approximate surface area is 154 Å². The summed E-state index contributed by atoms with van der Waals surface area (Å²) in [5.74, 6) is 2.15. The molecule has 25 heavy (non-hydrogen) atoms. The largest absolute Gasteiger partial charge is 0.364 e.